The predicted molar refractivity (Wildman–Crippen MR) is 114 cm³/mol. The molecule has 6 nitrogen and oxygen atoms in total. The van der Waals surface area contributed by atoms with E-state index in [1.807, 2.05) is 30.3 Å². The first kappa shape index (κ1) is 20.7. The fourth-order valence-electron chi connectivity index (χ4n) is 3.64. The molecule has 0 spiro atoms. The van der Waals surface area contributed by atoms with E-state index in [9.17, 15) is 13.6 Å². The summed E-state index contributed by atoms with van der Waals surface area (Å²) in [6.07, 6.45) is 2.70. The molecule has 0 bridgehead atoms. The van der Waals surface area contributed by atoms with Crippen LogP contribution in [-0.2, 0) is 4.79 Å². The van der Waals surface area contributed by atoms with E-state index in [1.54, 1.807) is 7.11 Å². The number of carbonyl (C=O) groups excluding carboxylic acids is 1. The van der Waals surface area contributed by atoms with Gasteiger partial charge in [-0.1, -0.05) is 0 Å². The van der Waals surface area contributed by atoms with Crippen molar-refractivity contribution in [1.29, 1.82) is 0 Å². The first-order chi connectivity index (χ1) is 15.0. The molecule has 1 N–H and O–H groups in total. The Balaban J connectivity index is 1.39. The molecule has 1 fully saturated rings. The molecule has 3 aromatic rings. The minimum absolute atomic E-state index is 0.132. The number of nitrogens with zero attached hydrogens (tertiary/aromatic N) is 3. The van der Waals surface area contributed by atoms with Crippen LogP contribution in [0, 0.1) is 17.6 Å². The number of amides is 1. The second-order valence-corrected chi connectivity index (χ2v) is 7.36. The van der Waals surface area contributed by atoms with E-state index in [4.69, 9.17) is 4.74 Å². The maximum Gasteiger partial charge on any atom is 0.227 e. The summed E-state index contributed by atoms with van der Waals surface area (Å²) in [5.74, 6) is -0.262. The summed E-state index contributed by atoms with van der Waals surface area (Å²) in [6, 6.07) is 12.6. The summed E-state index contributed by atoms with van der Waals surface area (Å²) < 4.78 is 32.3. The van der Waals surface area contributed by atoms with E-state index in [1.165, 1.54) is 6.33 Å². The number of piperidine rings is 1. The molecule has 2 heterocycles. The van der Waals surface area contributed by atoms with Crippen molar-refractivity contribution >= 4 is 17.4 Å². The van der Waals surface area contributed by atoms with Gasteiger partial charge in [-0.05, 0) is 49.2 Å². The lowest BCUT2D eigenvalue weighted by Gasteiger charge is -2.32. The molecule has 1 aliphatic heterocycles. The van der Waals surface area contributed by atoms with E-state index in [0.717, 1.165) is 41.0 Å². The van der Waals surface area contributed by atoms with Crippen molar-refractivity contribution in [2.24, 2.45) is 5.92 Å². The molecule has 0 saturated carbocycles. The largest absolute Gasteiger partial charge is 0.497 e. The number of anilines is 2. The zero-order chi connectivity index (χ0) is 21.8. The molecule has 0 atom stereocenters. The predicted octanol–water partition coefficient (Wildman–Crippen LogP) is 4.29. The van der Waals surface area contributed by atoms with Crippen LogP contribution in [0.4, 0.5) is 20.3 Å². The number of carbonyl (C=O) groups is 1. The Bertz CT molecular complexity index is 1070. The van der Waals surface area contributed by atoms with E-state index in [0.29, 0.717) is 25.9 Å². The number of rotatable bonds is 5. The zero-order valence-electron chi connectivity index (χ0n) is 17.0. The first-order valence-corrected chi connectivity index (χ1v) is 10.0. The van der Waals surface area contributed by atoms with Crippen molar-refractivity contribution in [3.8, 4) is 17.0 Å². The average molecular weight is 424 g/mol. The third-order valence-corrected chi connectivity index (χ3v) is 5.41. The zero-order valence-corrected chi connectivity index (χ0v) is 17.0. The Morgan fingerprint density at radius 3 is 2.52 bits per heavy atom. The normalized spacial score (nSPS) is 14.4. The SMILES string of the molecule is COc1ccc(-c2cc(N3CCC(C(=O)Nc4cc(F)ccc4F)CC3)ncn2)cc1. The standard InChI is InChI=1S/C23H22F2N4O2/c1-31-18-5-2-15(3-6-18)20-13-22(27-14-26-20)29-10-8-16(9-11-29)23(30)28-21-12-17(24)4-7-19(21)25/h2-7,12-14,16H,8-11H2,1H3,(H,28,30). The monoisotopic (exact) mass is 424 g/mol. The second kappa shape index (κ2) is 9.07. The van der Waals surface area contributed by atoms with Gasteiger partial charge >= 0.3 is 0 Å². The lowest BCUT2D eigenvalue weighted by molar-refractivity contribution is -0.120. The van der Waals surface area contributed by atoms with Gasteiger partial charge in [0.2, 0.25) is 5.91 Å². The highest BCUT2D eigenvalue weighted by Crippen LogP contribution is 2.27. The summed E-state index contributed by atoms with van der Waals surface area (Å²) in [5, 5.41) is 2.51. The lowest BCUT2D eigenvalue weighted by Crippen LogP contribution is -2.38. The van der Waals surface area contributed by atoms with Crippen molar-refractivity contribution in [2.45, 2.75) is 12.8 Å². The number of methoxy groups -OCH3 is 1. The Hall–Kier alpha value is -3.55. The molecule has 2 aromatic carbocycles. The summed E-state index contributed by atoms with van der Waals surface area (Å²) in [6.45, 7) is 1.26. The van der Waals surface area contributed by atoms with Gasteiger partial charge in [-0.2, -0.15) is 0 Å². The van der Waals surface area contributed by atoms with Crippen molar-refractivity contribution in [3.05, 3.63) is 66.5 Å². The molecule has 0 radical (unpaired) electrons. The molecule has 31 heavy (non-hydrogen) atoms. The summed E-state index contributed by atoms with van der Waals surface area (Å²) in [5.41, 5.74) is 1.62. The average Bonchev–Trinajstić information content (AvgIpc) is 2.81. The van der Waals surface area contributed by atoms with Gasteiger partial charge in [-0.3, -0.25) is 4.79 Å². The van der Waals surface area contributed by atoms with Crippen LogP contribution in [0.25, 0.3) is 11.3 Å². The molecule has 8 heteroatoms. The minimum Gasteiger partial charge on any atom is -0.497 e. The fraction of sp³-hybridized carbons (Fsp3) is 0.261. The Morgan fingerprint density at radius 2 is 1.81 bits per heavy atom. The van der Waals surface area contributed by atoms with E-state index in [2.05, 4.69) is 20.2 Å². The Kier molecular flexibility index (Phi) is 6.06. The molecule has 0 aliphatic carbocycles. The van der Waals surface area contributed by atoms with Crippen molar-refractivity contribution in [3.63, 3.8) is 0 Å². The van der Waals surface area contributed by atoms with Crippen LogP contribution < -0.4 is 15.0 Å². The van der Waals surface area contributed by atoms with Crippen LogP contribution in [0.2, 0.25) is 0 Å². The number of hydrogen-bond acceptors (Lipinski definition) is 5. The van der Waals surface area contributed by atoms with Gasteiger partial charge in [0, 0.05) is 36.7 Å². The molecule has 1 aromatic heterocycles. The number of nitrogens with one attached hydrogen (secondary N) is 1. The summed E-state index contributed by atoms with van der Waals surface area (Å²) >= 11 is 0. The molecule has 1 aliphatic rings. The quantitative estimate of drug-likeness (QED) is 0.662. The summed E-state index contributed by atoms with van der Waals surface area (Å²) in [4.78, 5) is 23.3. The van der Waals surface area contributed by atoms with Crippen molar-refractivity contribution in [1.82, 2.24) is 9.97 Å². The van der Waals surface area contributed by atoms with Gasteiger partial charge in [0.25, 0.3) is 0 Å². The highest BCUT2D eigenvalue weighted by atomic mass is 19.1. The molecular weight excluding hydrogens is 402 g/mol. The molecule has 1 amide bonds. The van der Waals surface area contributed by atoms with Crippen LogP contribution in [-0.4, -0.2) is 36.1 Å². The van der Waals surface area contributed by atoms with Gasteiger partial charge in [-0.15, -0.1) is 0 Å². The minimum atomic E-state index is -0.653. The number of ether oxygens (including phenoxy) is 1. The van der Waals surface area contributed by atoms with Crippen LogP contribution in [0.3, 0.4) is 0 Å². The number of hydrogen-bond donors (Lipinski definition) is 1. The third-order valence-electron chi connectivity index (χ3n) is 5.41. The number of halogens is 2. The first-order valence-electron chi connectivity index (χ1n) is 10.0. The van der Waals surface area contributed by atoms with E-state index < -0.39 is 11.6 Å². The van der Waals surface area contributed by atoms with E-state index in [-0.39, 0.29) is 17.5 Å². The Labute approximate surface area is 178 Å². The topological polar surface area (TPSA) is 67.3 Å². The maximum atomic E-state index is 13.8. The lowest BCUT2D eigenvalue weighted by atomic mass is 9.95. The highest BCUT2D eigenvalue weighted by molar-refractivity contribution is 5.92. The maximum absolute atomic E-state index is 13.8. The molecular formula is C23H22F2N4O2. The third kappa shape index (κ3) is 4.79. The molecule has 1 saturated heterocycles. The molecule has 4 rings (SSSR count). The van der Waals surface area contributed by atoms with Gasteiger partial charge in [0.15, 0.2) is 0 Å². The van der Waals surface area contributed by atoms with E-state index >= 15 is 0 Å². The van der Waals surface area contributed by atoms with Crippen LogP contribution in [0.1, 0.15) is 12.8 Å². The number of aromatic nitrogens is 2. The fourth-order valence-corrected chi connectivity index (χ4v) is 3.64. The molecule has 160 valence electrons. The van der Waals surface area contributed by atoms with Gasteiger partial charge in [-0.25, -0.2) is 18.7 Å². The Morgan fingerprint density at radius 1 is 1.06 bits per heavy atom. The second-order valence-electron chi connectivity index (χ2n) is 7.36. The summed E-state index contributed by atoms with van der Waals surface area (Å²) in [7, 11) is 1.62. The van der Waals surface area contributed by atoms with Gasteiger partial charge in [0.1, 0.15) is 29.5 Å². The number of benzene rings is 2. The van der Waals surface area contributed by atoms with Crippen LogP contribution >= 0.6 is 0 Å². The van der Waals surface area contributed by atoms with Gasteiger partial charge in [0.05, 0.1) is 18.5 Å². The van der Waals surface area contributed by atoms with Crippen molar-refractivity contribution in [2.75, 3.05) is 30.4 Å². The van der Waals surface area contributed by atoms with Crippen LogP contribution in [0.15, 0.2) is 54.9 Å². The smallest absolute Gasteiger partial charge is 0.227 e. The van der Waals surface area contributed by atoms with Crippen molar-refractivity contribution < 1.29 is 18.3 Å². The van der Waals surface area contributed by atoms with Gasteiger partial charge < -0.3 is 15.0 Å². The highest BCUT2D eigenvalue weighted by Gasteiger charge is 2.26. The molecule has 0 unspecified atom stereocenters. The van der Waals surface area contributed by atoms with Crippen LogP contribution in [0.5, 0.6) is 5.75 Å².